The van der Waals surface area contributed by atoms with E-state index < -0.39 is 0 Å². The third kappa shape index (κ3) is 26.6. The number of hydrogen-bond donors (Lipinski definition) is 0. The fourth-order valence-corrected chi connectivity index (χ4v) is 5.86. The van der Waals surface area contributed by atoms with Gasteiger partial charge < -0.3 is 9.47 Å². The van der Waals surface area contributed by atoms with Crippen molar-refractivity contribution in [1.82, 2.24) is 0 Å². The summed E-state index contributed by atoms with van der Waals surface area (Å²) in [5.74, 6) is 1.59. The molecule has 0 aromatic heterocycles. The molecular weight excluding hydrogens is 520 g/mol. The van der Waals surface area contributed by atoms with E-state index in [9.17, 15) is 9.59 Å². The maximum atomic E-state index is 12.3. The van der Waals surface area contributed by atoms with Crippen LogP contribution in [0, 0.1) is 17.8 Å². The summed E-state index contributed by atoms with van der Waals surface area (Å²) in [6.45, 7) is 12.3. The number of carbonyl (C=O) groups is 2. The van der Waals surface area contributed by atoms with Gasteiger partial charge >= 0.3 is 11.9 Å². The van der Waals surface area contributed by atoms with E-state index in [0.717, 1.165) is 32.1 Å². The van der Waals surface area contributed by atoms with Crippen molar-refractivity contribution < 1.29 is 19.1 Å². The van der Waals surface area contributed by atoms with Crippen LogP contribution in [0.5, 0.6) is 0 Å². The second-order valence-electron chi connectivity index (χ2n) is 13.2. The minimum atomic E-state index is 0.00516. The molecule has 250 valence electrons. The Morgan fingerprint density at radius 2 is 0.786 bits per heavy atom. The maximum Gasteiger partial charge on any atom is 0.306 e. The zero-order valence-electron chi connectivity index (χ0n) is 29.2. The molecule has 0 rings (SSSR count). The molecule has 0 bridgehead atoms. The van der Waals surface area contributed by atoms with Crippen LogP contribution in [-0.2, 0) is 19.1 Å². The topological polar surface area (TPSA) is 52.6 Å². The summed E-state index contributed by atoms with van der Waals surface area (Å²) in [5, 5.41) is 0. The van der Waals surface area contributed by atoms with Gasteiger partial charge in [-0.2, -0.15) is 0 Å². The number of unbranched alkanes of at least 4 members (excludes halogenated alkanes) is 15. The standard InChI is InChI=1S/C38H74O4/c1-6-11-27-35(9-4)32-41-37(39)30-26-24-22-20-18-16-14-13-15-17-19-21-23-25-29-34(8-3)31-38(40)42-33-36(10-5)28-12-7-2/h34-36H,6-33H2,1-5H3. The summed E-state index contributed by atoms with van der Waals surface area (Å²) < 4.78 is 11.1. The van der Waals surface area contributed by atoms with Crippen LogP contribution < -0.4 is 0 Å². The molecule has 0 amide bonds. The molecule has 3 unspecified atom stereocenters. The number of esters is 2. The van der Waals surface area contributed by atoms with Crippen LogP contribution in [0.15, 0.2) is 0 Å². The molecule has 3 atom stereocenters. The van der Waals surface area contributed by atoms with E-state index in [1.165, 1.54) is 122 Å². The van der Waals surface area contributed by atoms with Gasteiger partial charge in [0.25, 0.3) is 0 Å². The third-order valence-corrected chi connectivity index (χ3v) is 9.32. The van der Waals surface area contributed by atoms with Gasteiger partial charge in [-0.05, 0) is 43.4 Å². The van der Waals surface area contributed by atoms with E-state index in [1.54, 1.807) is 0 Å². The Hall–Kier alpha value is -1.06. The normalized spacial score (nSPS) is 13.5. The molecular formula is C38H74O4. The Balaban J connectivity index is 3.52. The summed E-state index contributed by atoms with van der Waals surface area (Å²) >= 11 is 0. The van der Waals surface area contributed by atoms with Crippen LogP contribution in [0.4, 0.5) is 0 Å². The van der Waals surface area contributed by atoms with Gasteiger partial charge in [-0.3, -0.25) is 9.59 Å². The van der Waals surface area contributed by atoms with Crippen molar-refractivity contribution in [1.29, 1.82) is 0 Å². The van der Waals surface area contributed by atoms with Gasteiger partial charge in [0.2, 0.25) is 0 Å². The fraction of sp³-hybridized carbons (Fsp3) is 0.947. The smallest absolute Gasteiger partial charge is 0.306 e. The van der Waals surface area contributed by atoms with E-state index in [0.29, 0.717) is 43.8 Å². The number of rotatable bonds is 32. The number of hydrogen-bond acceptors (Lipinski definition) is 4. The molecule has 0 aliphatic rings. The average Bonchev–Trinajstić information content (AvgIpc) is 3.00. The third-order valence-electron chi connectivity index (χ3n) is 9.32. The molecule has 4 nitrogen and oxygen atoms in total. The van der Waals surface area contributed by atoms with Gasteiger partial charge in [-0.25, -0.2) is 0 Å². The molecule has 0 radical (unpaired) electrons. The van der Waals surface area contributed by atoms with Crippen LogP contribution in [0.25, 0.3) is 0 Å². The fourth-order valence-electron chi connectivity index (χ4n) is 5.86. The molecule has 0 N–H and O–H groups in total. The maximum absolute atomic E-state index is 12.3. The van der Waals surface area contributed by atoms with Crippen LogP contribution in [0.2, 0.25) is 0 Å². The molecule has 0 aromatic rings. The van der Waals surface area contributed by atoms with Crippen molar-refractivity contribution in [3.63, 3.8) is 0 Å². The first-order valence-electron chi connectivity index (χ1n) is 18.8. The van der Waals surface area contributed by atoms with Crippen molar-refractivity contribution in [3.05, 3.63) is 0 Å². The molecule has 0 saturated heterocycles. The molecule has 42 heavy (non-hydrogen) atoms. The minimum Gasteiger partial charge on any atom is -0.465 e. The van der Waals surface area contributed by atoms with Crippen LogP contribution in [0.1, 0.15) is 202 Å². The van der Waals surface area contributed by atoms with Crippen LogP contribution in [-0.4, -0.2) is 25.2 Å². The molecule has 4 heteroatoms. The lowest BCUT2D eigenvalue weighted by atomic mass is 9.94. The highest BCUT2D eigenvalue weighted by molar-refractivity contribution is 5.69. The summed E-state index contributed by atoms with van der Waals surface area (Å²) in [7, 11) is 0. The zero-order valence-corrected chi connectivity index (χ0v) is 29.2. The summed E-state index contributed by atoms with van der Waals surface area (Å²) in [5.41, 5.74) is 0. The molecule has 0 spiro atoms. The van der Waals surface area contributed by atoms with Crippen LogP contribution >= 0.6 is 0 Å². The predicted molar refractivity (Wildman–Crippen MR) is 181 cm³/mol. The minimum absolute atomic E-state index is 0.00516. The lowest BCUT2D eigenvalue weighted by Crippen LogP contribution is -2.16. The molecule has 0 aliphatic heterocycles. The Morgan fingerprint density at radius 3 is 1.19 bits per heavy atom. The molecule has 0 saturated carbocycles. The number of carbonyl (C=O) groups excluding carboxylic acids is 2. The van der Waals surface area contributed by atoms with Crippen molar-refractivity contribution in [2.24, 2.45) is 17.8 Å². The lowest BCUT2D eigenvalue weighted by Gasteiger charge is -2.17. The van der Waals surface area contributed by atoms with Crippen LogP contribution in [0.3, 0.4) is 0 Å². The van der Waals surface area contributed by atoms with Crippen molar-refractivity contribution in [2.75, 3.05) is 13.2 Å². The Morgan fingerprint density at radius 1 is 0.429 bits per heavy atom. The SMILES string of the molecule is CCCCC(CC)COC(=O)CCCCCCCCCCCCCCCCC(CC)CC(=O)OCC(CC)CCCC. The van der Waals surface area contributed by atoms with Crippen molar-refractivity contribution in [2.45, 2.75) is 202 Å². The molecule has 0 heterocycles. The van der Waals surface area contributed by atoms with Gasteiger partial charge in [0.05, 0.1) is 13.2 Å². The second kappa shape index (κ2) is 31.4. The zero-order chi connectivity index (χ0) is 31.1. The lowest BCUT2D eigenvalue weighted by molar-refractivity contribution is -0.146. The highest BCUT2D eigenvalue weighted by Crippen LogP contribution is 2.21. The summed E-state index contributed by atoms with van der Waals surface area (Å²) in [6, 6.07) is 0. The average molecular weight is 595 g/mol. The van der Waals surface area contributed by atoms with Gasteiger partial charge in [-0.1, -0.05) is 163 Å². The van der Waals surface area contributed by atoms with E-state index in [2.05, 4.69) is 34.6 Å². The monoisotopic (exact) mass is 595 g/mol. The largest absolute Gasteiger partial charge is 0.465 e. The van der Waals surface area contributed by atoms with Gasteiger partial charge in [0.1, 0.15) is 0 Å². The van der Waals surface area contributed by atoms with Gasteiger partial charge in [0.15, 0.2) is 0 Å². The Bertz CT molecular complexity index is 590. The van der Waals surface area contributed by atoms with Crippen molar-refractivity contribution in [3.8, 4) is 0 Å². The molecule has 0 fully saturated rings. The van der Waals surface area contributed by atoms with E-state index in [4.69, 9.17) is 9.47 Å². The van der Waals surface area contributed by atoms with Gasteiger partial charge in [-0.15, -0.1) is 0 Å². The highest BCUT2D eigenvalue weighted by atomic mass is 16.5. The second-order valence-corrected chi connectivity index (χ2v) is 13.2. The van der Waals surface area contributed by atoms with Gasteiger partial charge in [0, 0.05) is 12.8 Å². The molecule has 0 aromatic carbocycles. The van der Waals surface area contributed by atoms with E-state index in [-0.39, 0.29) is 11.9 Å². The van der Waals surface area contributed by atoms with E-state index >= 15 is 0 Å². The van der Waals surface area contributed by atoms with E-state index in [1.807, 2.05) is 0 Å². The first-order valence-corrected chi connectivity index (χ1v) is 18.8. The molecule has 0 aliphatic carbocycles. The van der Waals surface area contributed by atoms with Crippen molar-refractivity contribution >= 4 is 11.9 Å². The quantitative estimate of drug-likeness (QED) is 0.0574. The number of ether oxygens (including phenoxy) is 2. The summed E-state index contributed by atoms with van der Waals surface area (Å²) in [6.07, 6.45) is 31.0. The first kappa shape index (κ1) is 40.9. The highest BCUT2D eigenvalue weighted by Gasteiger charge is 2.15. The Labute approximate surface area is 263 Å². The summed E-state index contributed by atoms with van der Waals surface area (Å²) in [4.78, 5) is 24.3. The first-order chi connectivity index (χ1) is 20.5. The Kier molecular flexibility index (Phi) is 30.6. The predicted octanol–water partition coefficient (Wildman–Crippen LogP) is 12.2.